The third kappa shape index (κ3) is 3.29. The minimum absolute atomic E-state index is 0.0134. The fourth-order valence-corrected chi connectivity index (χ4v) is 2.96. The number of aromatic nitrogens is 2. The number of anilines is 2. The van der Waals surface area contributed by atoms with Crippen molar-refractivity contribution in [2.24, 2.45) is 0 Å². The number of rotatable bonds is 4. The first-order chi connectivity index (χ1) is 9.85. The van der Waals surface area contributed by atoms with Crippen LogP contribution < -0.4 is 15.2 Å². The van der Waals surface area contributed by atoms with Crippen LogP contribution in [0.25, 0.3) is 0 Å². The average molecular weight is 349 g/mol. The van der Waals surface area contributed by atoms with Gasteiger partial charge in [-0.3, -0.25) is 4.72 Å². The van der Waals surface area contributed by atoms with Crippen molar-refractivity contribution in [3.63, 3.8) is 0 Å². The molecule has 0 aliphatic carbocycles. The van der Waals surface area contributed by atoms with Crippen LogP contribution in [0.15, 0.2) is 29.4 Å². The van der Waals surface area contributed by atoms with Crippen LogP contribution in [0.3, 0.4) is 0 Å². The molecule has 112 valence electrons. The summed E-state index contributed by atoms with van der Waals surface area (Å²) in [5, 5.41) is 0.117. The van der Waals surface area contributed by atoms with Crippen molar-refractivity contribution >= 4 is 44.7 Å². The summed E-state index contributed by atoms with van der Waals surface area (Å²) in [5.74, 6) is -0.0604. The summed E-state index contributed by atoms with van der Waals surface area (Å²) in [7, 11) is -2.60. The lowest BCUT2D eigenvalue weighted by atomic mass is 10.3. The molecule has 2 aromatic rings. The highest BCUT2D eigenvalue weighted by molar-refractivity contribution is 7.92. The van der Waals surface area contributed by atoms with E-state index >= 15 is 0 Å². The number of nitrogens with two attached hydrogens (primary N) is 1. The predicted molar refractivity (Wildman–Crippen MR) is 80.3 cm³/mol. The maximum Gasteiger partial charge on any atom is 0.263 e. The smallest absolute Gasteiger partial charge is 0.263 e. The van der Waals surface area contributed by atoms with Crippen molar-refractivity contribution in [1.29, 1.82) is 0 Å². The topological polar surface area (TPSA) is 107 Å². The lowest BCUT2D eigenvalue weighted by Crippen LogP contribution is -2.15. The van der Waals surface area contributed by atoms with Crippen LogP contribution in [0.2, 0.25) is 10.2 Å². The van der Waals surface area contributed by atoms with Gasteiger partial charge in [0.2, 0.25) is 0 Å². The van der Waals surface area contributed by atoms with Gasteiger partial charge in [-0.25, -0.2) is 18.4 Å². The third-order valence-electron chi connectivity index (χ3n) is 2.48. The molecule has 0 fully saturated rings. The minimum Gasteiger partial charge on any atom is -0.490 e. The number of nitrogen functional groups attached to an aromatic ring is 1. The number of nitrogens with one attached hydrogen (secondary N) is 1. The monoisotopic (exact) mass is 348 g/mol. The van der Waals surface area contributed by atoms with E-state index in [2.05, 4.69) is 14.7 Å². The van der Waals surface area contributed by atoms with Crippen molar-refractivity contribution in [1.82, 2.24) is 9.97 Å². The number of benzene rings is 1. The van der Waals surface area contributed by atoms with Gasteiger partial charge in [0.25, 0.3) is 10.0 Å². The molecule has 0 bridgehead atoms. The molecule has 2 rings (SSSR count). The maximum atomic E-state index is 12.3. The van der Waals surface area contributed by atoms with E-state index in [0.29, 0.717) is 0 Å². The van der Waals surface area contributed by atoms with Crippen LogP contribution in [0.1, 0.15) is 0 Å². The summed E-state index contributed by atoms with van der Waals surface area (Å²) >= 11 is 11.6. The number of halogens is 2. The zero-order chi connectivity index (χ0) is 15.6. The van der Waals surface area contributed by atoms with Gasteiger partial charge in [-0.1, -0.05) is 23.2 Å². The Kier molecular flexibility index (Phi) is 4.40. The van der Waals surface area contributed by atoms with Crippen molar-refractivity contribution in [2.45, 2.75) is 4.90 Å². The highest BCUT2D eigenvalue weighted by Crippen LogP contribution is 2.30. The van der Waals surface area contributed by atoms with E-state index in [1.165, 1.54) is 25.3 Å². The van der Waals surface area contributed by atoms with E-state index in [-0.39, 0.29) is 32.3 Å². The first-order valence-corrected chi connectivity index (χ1v) is 7.71. The number of ether oxygens (including phenoxy) is 1. The van der Waals surface area contributed by atoms with Gasteiger partial charge in [0.05, 0.1) is 22.7 Å². The SMILES string of the molecule is COc1c(Cl)ncnc1NS(=O)(=O)c1ccc(N)c(Cl)c1. The van der Waals surface area contributed by atoms with Gasteiger partial charge in [-0.15, -0.1) is 0 Å². The van der Waals surface area contributed by atoms with E-state index in [4.69, 9.17) is 33.7 Å². The summed E-state index contributed by atoms with van der Waals surface area (Å²) in [4.78, 5) is 7.42. The number of hydrogen-bond donors (Lipinski definition) is 2. The molecule has 3 N–H and O–H groups in total. The Balaban J connectivity index is 2.42. The largest absolute Gasteiger partial charge is 0.490 e. The van der Waals surface area contributed by atoms with Crippen molar-refractivity contribution in [2.75, 3.05) is 17.6 Å². The van der Waals surface area contributed by atoms with Crippen LogP contribution in [-0.2, 0) is 10.0 Å². The summed E-state index contributed by atoms with van der Waals surface area (Å²) in [6.45, 7) is 0. The van der Waals surface area contributed by atoms with Gasteiger partial charge < -0.3 is 10.5 Å². The molecule has 1 aromatic heterocycles. The van der Waals surface area contributed by atoms with E-state index in [9.17, 15) is 8.42 Å². The second kappa shape index (κ2) is 5.92. The van der Waals surface area contributed by atoms with Crippen molar-refractivity contribution in [3.05, 3.63) is 34.7 Å². The molecule has 0 radical (unpaired) electrons. The Morgan fingerprint density at radius 1 is 1.29 bits per heavy atom. The Hall–Kier alpha value is -1.77. The normalized spacial score (nSPS) is 11.2. The zero-order valence-electron chi connectivity index (χ0n) is 10.7. The average Bonchev–Trinajstić information content (AvgIpc) is 2.41. The molecule has 21 heavy (non-hydrogen) atoms. The molecular formula is C11H10Cl2N4O3S. The number of nitrogens with zero attached hydrogens (tertiary/aromatic N) is 2. The van der Waals surface area contributed by atoms with Gasteiger partial charge in [-0.2, -0.15) is 0 Å². The lowest BCUT2D eigenvalue weighted by molar-refractivity contribution is 0.413. The second-order valence-electron chi connectivity index (χ2n) is 3.84. The molecule has 0 saturated heterocycles. The van der Waals surface area contributed by atoms with Crippen LogP contribution >= 0.6 is 23.2 Å². The molecule has 0 aliphatic rings. The molecule has 0 aliphatic heterocycles. The number of methoxy groups -OCH3 is 1. The molecule has 1 aromatic carbocycles. The number of hydrogen-bond acceptors (Lipinski definition) is 6. The number of sulfonamides is 1. The van der Waals surface area contributed by atoms with Crippen LogP contribution in [0.4, 0.5) is 11.5 Å². The fraction of sp³-hybridized carbons (Fsp3) is 0.0909. The molecule has 7 nitrogen and oxygen atoms in total. The summed E-state index contributed by atoms with van der Waals surface area (Å²) in [6, 6.07) is 3.94. The molecule has 0 unspecified atom stereocenters. The Morgan fingerprint density at radius 2 is 2.00 bits per heavy atom. The first kappa shape index (κ1) is 15.6. The summed E-state index contributed by atoms with van der Waals surface area (Å²) in [6.07, 6.45) is 1.11. The van der Waals surface area contributed by atoms with E-state index in [1.807, 2.05) is 0 Å². The second-order valence-corrected chi connectivity index (χ2v) is 6.28. The Bertz CT molecular complexity index is 783. The highest BCUT2D eigenvalue weighted by atomic mass is 35.5. The van der Waals surface area contributed by atoms with Gasteiger partial charge in [-0.05, 0) is 18.2 Å². The van der Waals surface area contributed by atoms with Crippen LogP contribution in [0, 0.1) is 0 Å². The van der Waals surface area contributed by atoms with Crippen LogP contribution in [-0.4, -0.2) is 25.5 Å². The predicted octanol–water partition coefficient (Wildman–Crippen LogP) is 2.17. The van der Waals surface area contributed by atoms with Gasteiger partial charge in [0.15, 0.2) is 16.7 Å². The zero-order valence-corrected chi connectivity index (χ0v) is 13.0. The fourth-order valence-electron chi connectivity index (χ4n) is 1.47. The van der Waals surface area contributed by atoms with Gasteiger partial charge in [0.1, 0.15) is 6.33 Å². The summed E-state index contributed by atoms with van der Waals surface area (Å²) < 4.78 is 31.8. The van der Waals surface area contributed by atoms with Gasteiger partial charge >= 0.3 is 0 Å². The molecule has 0 amide bonds. The molecular weight excluding hydrogens is 339 g/mol. The van der Waals surface area contributed by atoms with Crippen LogP contribution in [0.5, 0.6) is 5.75 Å². The third-order valence-corrected chi connectivity index (χ3v) is 4.41. The van der Waals surface area contributed by atoms with Crippen molar-refractivity contribution in [3.8, 4) is 5.75 Å². The van der Waals surface area contributed by atoms with E-state index in [1.54, 1.807) is 0 Å². The maximum absolute atomic E-state index is 12.3. The Labute approximate surface area is 131 Å². The highest BCUT2D eigenvalue weighted by Gasteiger charge is 2.20. The lowest BCUT2D eigenvalue weighted by Gasteiger charge is -2.11. The first-order valence-electron chi connectivity index (χ1n) is 5.47. The Morgan fingerprint density at radius 3 is 2.62 bits per heavy atom. The van der Waals surface area contributed by atoms with E-state index in [0.717, 1.165) is 6.33 Å². The molecule has 0 spiro atoms. The molecule has 1 heterocycles. The quantitative estimate of drug-likeness (QED) is 0.647. The minimum atomic E-state index is -3.92. The van der Waals surface area contributed by atoms with Gasteiger partial charge in [0, 0.05) is 0 Å². The molecule has 0 saturated carbocycles. The molecule has 0 atom stereocenters. The standard InChI is InChI=1S/C11H10Cl2N4O3S/c1-20-9-10(13)15-5-16-11(9)17-21(18,19)6-2-3-8(14)7(12)4-6/h2-5H,14H2,1H3,(H,15,16,17). The molecule has 10 heteroatoms. The summed E-state index contributed by atoms with van der Waals surface area (Å²) in [5.41, 5.74) is 5.82. The van der Waals surface area contributed by atoms with E-state index < -0.39 is 10.0 Å². The van der Waals surface area contributed by atoms with Crippen molar-refractivity contribution < 1.29 is 13.2 Å².